The highest BCUT2D eigenvalue weighted by Gasteiger charge is 2.19. The first kappa shape index (κ1) is 16.2. The second-order valence-electron chi connectivity index (χ2n) is 6.01. The average molecular weight is 328 g/mol. The van der Waals surface area contributed by atoms with Crippen LogP contribution in [0.4, 0.5) is 0 Å². The van der Waals surface area contributed by atoms with Crippen molar-refractivity contribution in [3.63, 3.8) is 0 Å². The van der Waals surface area contributed by atoms with E-state index in [9.17, 15) is 4.79 Å². The molecule has 19 heavy (non-hydrogen) atoms. The van der Waals surface area contributed by atoms with Crippen molar-refractivity contribution >= 4 is 21.9 Å². The van der Waals surface area contributed by atoms with Crippen LogP contribution in [-0.2, 0) is 6.54 Å². The van der Waals surface area contributed by atoms with Gasteiger partial charge in [-0.2, -0.15) is 0 Å². The smallest absolute Gasteiger partial charge is 0.335 e. The summed E-state index contributed by atoms with van der Waals surface area (Å²) >= 11 is 3.42. The van der Waals surface area contributed by atoms with Gasteiger partial charge in [-0.1, -0.05) is 49.7 Å². The largest absolute Gasteiger partial charge is 0.478 e. The maximum Gasteiger partial charge on any atom is 0.335 e. The molecule has 0 saturated heterocycles. The molecule has 0 aliphatic carbocycles. The van der Waals surface area contributed by atoms with Gasteiger partial charge in [-0.05, 0) is 35.6 Å². The predicted molar refractivity (Wildman–Crippen MR) is 81.4 cm³/mol. The van der Waals surface area contributed by atoms with Crippen molar-refractivity contribution in [2.45, 2.75) is 34.2 Å². The zero-order valence-corrected chi connectivity index (χ0v) is 13.5. The minimum Gasteiger partial charge on any atom is -0.478 e. The lowest BCUT2D eigenvalue weighted by molar-refractivity contribution is 0.0697. The molecule has 1 atom stereocenters. The fraction of sp³-hybridized carbons (Fsp3) is 0.533. The lowest BCUT2D eigenvalue weighted by Gasteiger charge is -2.27. The Bertz CT molecular complexity index is 452. The summed E-state index contributed by atoms with van der Waals surface area (Å²) in [5, 5.41) is 12.3. The van der Waals surface area contributed by atoms with E-state index < -0.39 is 5.97 Å². The van der Waals surface area contributed by atoms with Crippen molar-refractivity contribution < 1.29 is 9.90 Å². The first-order valence-electron chi connectivity index (χ1n) is 6.44. The molecule has 0 fully saturated rings. The molecule has 1 rings (SSSR count). The van der Waals surface area contributed by atoms with Gasteiger partial charge in [0.05, 0.1) is 5.56 Å². The number of nitrogens with one attached hydrogen (secondary N) is 1. The highest BCUT2D eigenvalue weighted by atomic mass is 79.9. The van der Waals surface area contributed by atoms with Gasteiger partial charge in [0, 0.05) is 11.0 Å². The van der Waals surface area contributed by atoms with E-state index in [1.165, 1.54) is 0 Å². The monoisotopic (exact) mass is 327 g/mol. The number of hydrogen-bond donors (Lipinski definition) is 2. The van der Waals surface area contributed by atoms with Crippen LogP contribution in [0.2, 0.25) is 0 Å². The van der Waals surface area contributed by atoms with E-state index in [-0.39, 0.29) is 5.41 Å². The standard InChI is InChI=1S/C15H22BrNO2/c1-10(15(2,3)4)8-17-9-12-6-5-11(14(18)19)7-13(12)16/h5-7,10,17H,8-9H2,1-4H3,(H,18,19). The SMILES string of the molecule is CC(CNCc1ccc(C(=O)O)cc1Br)C(C)(C)C. The van der Waals surface area contributed by atoms with Crippen LogP contribution in [0.15, 0.2) is 22.7 Å². The van der Waals surface area contributed by atoms with Gasteiger partial charge >= 0.3 is 5.97 Å². The number of hydrogen-bond acceptors (Lipinski definition) is 2. The van der Waals surface area contributed by atoms with E-state index >= 15 is 0 Å². The summed E-state index contributed by atoms with van der Waals surface area (Å²) in [6, 6.07) is 5.13. The Kier molecular flexibility index (Phi) is 5.56. The zero-order valence-electron chi connectivity index (χ0n) is 12.0. The van der Waals surface area contributed by atoms with Gasteiger partial charge in [-0.3, -0.25) is 0 Å². The van der Waals surface area contributed by atoms with Gasteiger partial charge in [0.2, 0.25) is 0 Å². The third-order valence-corrected chi connectivity index (χ3v) is 4.28. The van der Waals surface area contributed by atoms with Crippen molar-refractivity contribution in [1.29, 1.82) is 0 Å². The van der Waals surface area contributed by atoms with Crippen LogP contribution in [0, 0.1) is 11.3 Å². The molecule has 1 aromatic rings. The molecule has 0 aliphatic rings. The van der Waals surface area contributed by atoms with Crippen LogP contribution >= 0.6 is 15.9 Å². The summed E-state index contributed by atoms with van der Waals surface area (Å²) in [5.41, 5.74) is 1.67. The number of halogens is 1. The molecule has 3 nitrogen and oxygen atoms in total. The molecule has 106 valence electrons. The molecule has 0 aliphatic heterocycles. The first-order valence-corrected chi connectivity index (χ1v) is 7.23. The topological polar surface area (TPSA) is 49.3 Å². The van der Waals surface area contributed by atoms with Crippen LogP contribution in [0.1, 0.15) is 43.6 Å². The van der Waals surface area contributed by atoms with E-state index in [1.807, 2.05) is 6.07 Å². The predicted octanol–water partition coefficient (Wildman–Crippen LogP) is 3.92. The molecule has 0 radical (unpaired) electrons. The van der Waals surface area contributed by atoms with Crippen molar-refractivity contribution in [2.75, 3.05) is 6.54 Å². The Morgan fingerprint density at radius 3 is 2.53 bits per heavy atom. The summed E-state index contributed by atoms with van der Waals surface area (Å²) < 4.78 is 0.836. The van der Waals surface area contributed by atoms with E-state index in [0.29, 0.717) is 11.5 Å². The molecule has 0 saturated carbocycles. The molecule has 0 aromatic heterocycles. The number of aromatic carboxylic acids is 1. The van der Waals surface area contributed by atoms with Crippen molar-refractivity contribution in [3.8, 4) is 0 Å². The van der Waals surface area contributed by atoms with Gasteiger partial charge in [0.15, 0.2) is 0 Å². The Balaban J connectivity index is 2.57. The van der Waals surface area contributed by atoms with Gasteiger partial charge in [0.1, 0.15) is 0 Å². The highest BCUT2D eigenvalue weighted by molar-refractivity contribution is 9.10. The summed E-state index contributed by atoms with van der Waals surface area (Å²) in [4.78, 5) is 10.8. The molecular weight excluding hydrogens is 306 g/mol. The molecule has 0 heterocycles. The fourth-order valence-electron chi connectivity index (χ4n) is 1.55. The van der Waals surface area contributed by atoms with Gasteiger partial charge in [0.25, 0.3) is 0 Å². The van der Waals surface area contributed by atoms with Gasteiger partial charge in [-0.25, -0.2) is 4.79 Å². The quantitative estimate of drug-likeness (QED) is 0.861. The van der Waals surface area contributed by atoms with E-state index in [0.717, 1.165) is 23.1 Å². The maximum absolute atomic E-state index is 10.8. The summed E-state index contributed by atoms with van der Waals surface area (Å²) in [5.74, 6) is -0.328. The maximum atomic E-state index is 10.8. The zero-order chi connectivity index (χ0) is 14.6. The number of carboxylic acids is 1. The van der Waals surface area contributed by atoms with E-state index in [4.69, 9.17) is 5.11 Å². The second-order valence-corrected chi connectivity index (χ2v) is 6.86. The van der Waals surface area contributed by atoms with Crippen molar-refractivity contribution in [2.24, 2.45) is 11.3 Å². The van der Waals surface area contributed by atoms with E-state index in [2.05, 4.69) is 48.9 Å². The molecular formula is C15H22BrNO2. The number of benzene rings is 1. The summed E-state index contributed by atoms with van der Waals surface area (Å²) in [7, 11) is 0. The highest BCUT2D eigenvalue weighted by Crippen LogP contribution is 2.25. The summed E-state index contributed by atoms with van der Waals surface area (Å²) in [6.45, 7) is 10.6. The average Bonchev–Trinajstić information content (AvgIpc) is 2.29. The van der Waals surface area contributed by atoms with Crippen LogP contribution in [0.3, 0.4) is 0 Å². The Morgan fingerprint density at radius 2 is 2.05 bits per heavy atom. The van der Waals surface area contributed by atoms with Gasteiger partial charge in [-0.15, -0.1) is 0 Å². The summed E-state index contributed by atoms with van der Waals surface area (Å²) in [6.07, 6.45) is 0. The third kappa shape index (κ3) is 4.96. The Labute approximate surface area is 123 Å². The third-order valence-electron chi connectivity index (χ3n) is 3.54. The molecule has 0 amide bonds. The molecule has 1 unspecified atom stereocenters. The molecule has 4 heteroatoms. The molecule has 2 N–H and O–H groups in total. The Morgan fingerprint density at radius 1 is 1.42 bits per heavy atom. The number of rotatable bonds is 5. The lowest BCUT2D eigenvalue weighted by Crippen LogP contribution is -2.29. The Hall–Kier alpha value is -0.870. The van der Waals surface area contributed by atoms with Crippen molar-refractivity contribution in [3.05, 3.63) is 33.8 Å². The normalized spacial score (nSPS) is 13.3. The number of carboxylic acid groups (broad SMARTS) is 1. The second kappa shape index (κ2) is 6.53. The molecule has 0 spiro atoms. The minimum atomic E-state index is -0.901. The molecule has 0 bridgehead atoms. The fourth-order valence-corrected chi connectivity index (χ4v) is 2.07. The van der Waals surface area contributed by atoms with Crippen LogP contribution in [0.5, 0.6) is 0 Å². The lowest BCUT2D eigenvalue weighted by atomic mass is 9.82. The number of carbonyl (C=O) groups is 1. The van der Waals surface area contributed by atoms with Crippen LogP contribution < -0.4 is 5.32 Å². The van der Waals surface area contributed by atoms with Crippen molar-refractivity contribution in [1.82, 2.24) is 5.32 Å². The van der Waals surface area contributed by atoms with Crippen LogP contribution in [-0.4, -0.2) is 17.6 Å². The minimum absolute atomic E-state index is 0.289. The first-order chi connectivity index (χ1) is 8.71. The molecule has 1 aromatic carbocycles. The van der Waals surface area contributed by atoms with E-state index in [1.54, 1.807) is 12.1 Å². The van der Waals surface area contributed by atoms with Crippen LogP contribution in [0.25, 0.3) is 0 Å². The van der Waals surface area contributed by atoms with Gasteiger partial charge < -0.3 is 10.4 Å².